The van der Waals surface area contributed by atoms with Crippen LogP contribution in [0.5, 0.6) is 0 Å². The summed E-state index contributed by atoms with van der Waals surface area (Å²) in [6, 6.07) is 7.91. The molecule has 4 nitrogen and oxygen atoms in total. The Balaban J connectivity index is 1.87. The molecule has 21 heavy (non-hydrogen) atoms. The highest BCUT2D eigenvalue weighted by molar-refractivity contribution is 5.94. The molecule has 0 saturated carbocycles. The molecule has 116 valence electrons. The normalized spacial score (nSPS) is 18.7. The number of carbonyl (C=O) groups is 1. The highest BCUT2D eigenvalue weighted by Gasteiger charge is 2.20. The van der Waals surface area contributed by atoms with Crippen molar-refractivity contribution in [2.24, 2.45) is 5.92 Å². The molecule has 0 aromatic heterocycles. The van der Waals surface area contributed by atoms with Crippen molar-refractivity contribution in [3.05, 3.63) is 29.8 Å². The zero-order valence-corrected chi connectivity index (χ0v) is 13.4. The van der Waals surface area contributed by atoms with Crippen LogP contribution < -0.4 is 10.2 Å². The van der Waals surface area contributed by atoms with Gasteiger partial charge in [0.2, 0.25) is 0 Å². The summed E-state index contributed by atoms with van der Waals surface area (Å²) in [6.07, 6.45) is 1.18. The van der Waals surface area contributed by atoms with Gasteiger partial charge in [-0.2, -0.15) is 0 Å². The van der Waals surface area contributed by atoms with Crippen molar-refractivity contribution in [3.8, 4) is 0 Å². The molecule has 1 heterocycles. The van der Waals surface area contributed by atoms with Crippen LogP contribution in [0.4, 0.5) is 5.69 Å². The first kappa shape index (κ1) is 15.8. The molecule has 1 aromatic rings. The van der Waals surface area contributed by atoms with Gasteiger partial charge in [-0.1, -0.05) is 0 Å². The van der Waals surface area contributed by atoms with Gasteiger partial charge in [-0.15, -0.1) is 0 Å². The Morgan fingerprint density at radius 1 is 1.29 bits per heavy atom. The second-order valence-corrected chi connectivity index (χ2v) is 5.85. The van der Waals surface area contributed by atoms with E-state index in [9.17, 15) is 4.79 Å². The van der Waals surface area contributed by atoms with Gasteiger partial charge in [0.05, 0.1) is 0 Å². The molecule has 0 spiro atoms. The Bertz CT molecular complexity index is 454. The molecule has 4 heteroatoms. The van der Waals surface area contributed by atoms with Gasteiger partial charge in [0.1, 0.15) is 0 Å². The lowest BCUT2D eigenvalue weighted by atomic mass is 10.1. The van der Waals surface area contributed by atoms with E-state index in [0.29, 0.717) is 5.92 Å². The summed E-state index contributed by atoms with van der Waals surface area (Å²) < 4.78 is 0. The highest BCUT2D eigenvalue weighted by atomic mass is 16.1. The summed E-state index contributed by atoms with van der Waals surface area (Å²) in [4.78, 5) is 16.8. The van der Waals surface area contributed by atoms with Crippen LogP contribution in [0, 0.1) is 5.92 Å². The van der Waals surface area contributed by atoms with Crippen LogP contribution in [0.25, 0.3) is 0 Å². The van der Waals surface area contributed by atoms with E-state index in [0.717, 1.165) is 38.3 Å². The van der Waals surface area contributed by atoms with Crippen molar-refractivity contribution >= 4 is 11.6 Å². The molecule has 0 radical (unpaired) electrons. The fourth-order valence-corrected chi connectivity index (χ4v) is 2.94. The molecule has 0 aliphatic carbocycles. The SMILES string of the molecule is CCN(CC)c1ccc(C(=O)NC[C@H]2CCN(C)C2)cc1. The van der Waals surface area contributed by atoms with Crippen LogP contribution in [0.15, 0.2) is 24.3 Å². The minimum Gasteiger partial charge on any atom is -0.372 e. The van der Waals surface area contributed by atoms with Crippen LogP contribution in [0.1, 0.15) is 30.6 Å². The number of rotatable bonds is 6. The molecule has 1 aliphatic heterocycles. The Hall–Kier alpha value is -1.55. The first-order valence-electron chi connectivity index (χ1n) is 7.95. The highest BCUT2D eigenvalue weighted by Crippen LogP contribution is 2.16. The molecule has 1 aromatic carbocycles. The average molecular weight is 289 g/mol. The zero-order valence-electron chi connectivity index (χ0n) is 13.4. The number of benzene rings is 1. The molecule has 1 N–H and O–H groups in total. The third-order valence-corrected chi connectivity index (χ3v) is 4.30. The van der Waals surface area contributed by atoms with E-state index in [2.05, 4.69) is 36.0 Å². The van der Waals surface area contributed by atoms with Crippen LogP contribution in [0.3, 0.4) is 0 Å². The lowest BCUT2D eigenvalue weighted by Gasteiger charge is -2.21. The summed E-state index contributed by atoms with van der Waals surface area (Å²) in [5.74, 6) is 0.629. The van der Waals surface area contributed by atoms with Crippen molar-refractivity contribution in [2.45, 2.75) is 20.3 Å². The molecule has 1 fully saturated rings. The predicted octanol–water partition coefficient (Wildman–Crippen LogP) is 2.21. The van der Waals surface area contributed by atoms with E-state index in [1.165, 1.54) is 12.1 Å². The molecular formula is C17H27N3O. The van der Waals surface area contributed by atoms with Gasteiger partial charge in [0.15, 0.2) is 0 Å². The first-order valence-corrected chi connectivity index (χ1v) is 7.95. The van der Waals surface area contributed by atoms with Crippen molar-refractivity contribution in [1.82, 2.24) is 10.2 Å². The molecule has 1 saturated heterocycles. The van der Waals surface area contributed by atoms with Gasteiger partial charge in [0.25, 0.3) is 5.91 Å². The van der Waals surface area contributed by atoms with Gasteiger partial charge >= 0.3 is 0 Å². The number of hydrogen-bond acceptors (Lipinski definition) is 3. The number of nitrogens with one attached hydrogen (secondary N) is 1. The van der Waals surface area contributed by atoms with Gasteiger partial charge in [-0.3, -0.25) is 4.79 Å². The molecule has 1 aliphatic rings. The second-order valence-electron chi connectivity index (χ2n) is 5.85. The molecule has 2 rings (SSSR count). The van der Waals surface area contributed by atoms with Gasteiger partial charge in [-0.25, -0.2) is 0 Å². The Labute approximate surface area is 128 Å². The molecular weight excluding hydrogens is 262 g/mol. The molecule has 1 amide bonds. The maximum atomic E-state index is 12.2. The second kappa shape index (κ2) is 7.46. The van der Waals surface area contributed by atoms with E-state index in [1.807, 2.05) is 24.3 Å². The quantitative estimate of drug-likeness (QED) is 0.872. The average Bonchev–Trinajstić information content (AvgIpc) is 2.92. The minimum atomic E-state index is 0.0376. The van der Waals surface area contributed by atoms with E-state index in [4.69, 9.17) is 0 Å². The van der Waals surface area contributed by atoms with E-state index < -0.39 is 0 Å². The van der Waals surface area contributed by atoms with E-state index >= 15 is 0 Å². The van der Waals surface area contributed by atoms with Crippen LogP contribution in [-0.2, 0) is 0 Å². The topological polar surface area (TPSA) is 35.6 Å². The zero-order chi connectivity index (χ0) is 15.2. The number of hydrogen-bond donors (Lipinski definition) is 1. The fraction of sp³-hybridized carbons (Fsp3) is 0.588. The number of anilines is 1. The fourth-order valence-electron chi connectivity index (χ4n) is 2.94. The third-order valence-electron chi connectivity index (χ3n) is 4.30. The summed E-state index contributed by atoms with van der Waals surface area (Å²) in [6.45, 7) is 9.25. The Morgan fingerprint density at radius 2 is 1.95 bits per heavy atom. The molecule has 0 bridgehead atoms. The first-order chi connectivity index (χ1) is 10.1. The predicted molar refractivity (Wildman–Crippen MR) is 87.9 cm³/mol. The van der Waals surface area contributed by atoms with Crippen molar-refractivity contribution in [3.63, 3.8) is 0 Å². The molecule has 0 unspecified atom stereocenters. The maximum absolute atomic E-state index is 12.2. The van der Waals surface area contributed by atoms with Crippen molar-refractivity contribution in [2.75, 3.05) is 44.7 Å². The lowest BCUT2D eigenvalue weighted by Crippen LogP contribution is -2.30. The standard InChI is InChI=1S/C17H27N3O/c1-4-20(5-2)16-8-6-15(7-9-16)17(21)18-12-14-10-11-19(3)13-14/h6-9,14H,4-5,10-13H2,1-3H3,(H,18,21)/t14-/m1/s1. The summed E-state index contributed by atoms with van der Waals surface area (Å²) in [5.41, 5.74) is 1.92. The van der Waals surface area contributed by atoms with Gasteiger partial charge in [-0.05, 0) is 64.0 Å². The monoisotopic (exact) mass is 289 g/mol. The van der Waals surface area contributed by atoms with Crippen molar-refractivity contribution in [1.29, 1.82) is 0 Å². The lowest BCUT2D eigenvalue weighted by molar-refractivity contribution is 0.0947. The summed E-state index contributed by atoms with van der Waals surface area (Å²) >= 11 is 0. The number of likely N-dealkylation sites (tertiary alicyclic amines) is 1. The Morgan fingerprint density at radius 3 is 2.48 bits per heavy atom. The summed E-state index contributed by atoms with van der Waals surface area (Å²) in [5, 5.41) is 3.06. The third kappa shape index (κ3) is 4.21. The summed E-state index contributed by atoms with van der Waals surface area (Å²) in [7, 11) is 2.13. The number of carbonyl (C=O) groups excluding carboxylic acids is 1. The number of amides is 1. The number of nitrogens with zero attached hydrogens (tertiary/aromatic N) is 2. The Kier molecular flexibility index (Phi) is 5.62. The van der Waals surface area contributed by atoms with E-state index in [1.54, 1.807) is 0 Å². The molecule has 1 atom stereocenters. The minimum absolute atomic E-state index is 0.0376. The van der Waals surface area contributed by atoms with Crippen LogP contribution in [0.2, 0.25) is 0 Å². The van der Waals surface area contributed by atoms with Crippen molar-refractivity contribution < 1.29 is 4.79 Å². The van der Waals surface area contributed by atoms with E-state index in [-0.39, 0.29) is 5.91 Å². The smallest absolute Gasteiger partial charge is 0.251 e. The maximum Gasteiger partial charge on any atom is 0.251 e. The largest absolute Gasteiger partial charge is 0.372 e. The van der Waals surface area contributed by atoms with Gasteiger partial charge in [0, 0.05) is 37.4 Å². The van der Waals surface area contributed by atoms with Gasteiger partial charge < -0.3 is 15.1 Å². The van der Waals surface area contributed by atoms with Crippen LogP contribution >= 0.6 is 0 Å². The van der Waals surface area contributed by atoms with Crippen LogP contribution in [-0.4, -0.2) is 50.6 Å².